The van der Waals surface area contributed by atoms with Gasteiger partial charge in [0.25, 0.3) is 0 Å². The standard InChI is InChI=1S/C26H18O2S2/c27-17-21-15-23(13-11-19-7-3-1-4-8-19)29-25(21)26-22(18-28)16-24(30-26)14-12-20-9-5-2-6-10-20/h1-18H/b13-11+,14-12+. The van der Waals surface area contributed by atoms with Crippen LogP contribution in [0.4, 0.5) is 0 Å². The first-order valence-electron chi connectivity index (χ1n) is 9.41. The van der Waals surface area contributed by atoms with Gasteiger partial charge in [-0.3, -0.25) is 9.59 Å². The molecule has 2 nitrogen and oxygen atoms in total. The predicted molar refractivity (Wildman–Crippen MR) is 129 cm³/mol. The second-order valence-corrected chi connectivity index (χ2v) is 8.76. The number of thiophene rings is 2. The summed E-state index contributed by atoms with van der Waals surface area (Å²) < 4.78 is 0. The van der Waals surface area contributed by atoms with Gasteiger partial charge in [-0.15, -0.1) is 22.7 Å². The molecule has 30 heavy (non-hydrogen) atoms. The summed E-state index contributed by atoms with van der Waals surface area (Å²) in [4.78, 5) is 27.0. The van der Waals surface area contributed by atoms with Gasteiger partial charge in [0.15, 0.2) is 12.6 Å². The summed E-state index contributed by atoms with van der Waals surface area (Å²) in [5.41, 5.74) is 3.41. The predicted octanol–water partition coefficient (Wildman–Crippen LogP) is 7.44. The van der Waals surface area contributed by atoms with Gasteiger partial charge >= 0.3 is 0 Å². The maximum atomic E-state index is 11.7. The lowest BCUT2D eigenvalue weighted by atomic mass is 10.1. The van der Waals surface area contributed by atoms with Crippen molar-refractivity contribution in [2.75, 3.05) is 0 Å². The molecule has 0 fully saturated rings. The van der Waals surface area contributed by atoms with Crippen LogP contribution in [0.3, 0.4) is 0 Å². The number of aldehydes is 2. The second kappa shape index (κ2) is 9.44. The third-order valence-electron chi connectivity index (χ3n) is 4.50. The molecule has 4 heteroatoms. The van der Waals surface area contributed by atoms with E-state index in [-0.39, 0.29) is 0 Å². The molecule has 0 amide bonds. The molecule has 0 atom stereocenters. The molecular weight excluding hydrogens is 408 g/mol. The third kappa shape index (κ3) is 4.62. The molecule has 0 spiro atoms. The van der Waals surface area contributed by atoms with Gasteiger partial charge in [0.05, 0.1) is 9.75 Å². The van der Waals surface area contributed by atoms with Crippen LogP contribution in [0.5, 0.6) is 0 Å². The fourth-order valence-electron chi connectivity index (χ4n) is 3.03. The lowest BCUT2D eigenvalue weighted by molar-refractivity contribution is 0.111. The van der Waals surface area contributed by atoms with Crippen molar-refractivity contribution < 1.29 is 9.59 Å². The molecule has 0 aliphatic rings. The Balaban J connectivity index is 1.66. The van der Waals surface area contributed by atoms with Crippen LogP contribution in [0, 0.1) is 0 Å². The molecule has 0 unspecified atom stereocenters. The Bertz CT molecular complexity index is 1110. The highest BCUT2D eigenvalue weighted by molar-refractivity contribution is 7.23. The van der Waals surface area contributed by atoms with Gasteiger partial charge in [0, 0.05) is 20.9 Å². The smallest absolute Gasteiger partial charge is 0.151 e. The molecule has 4 rings (SSSR count). The fraction of sp³-hybridized carbons (Fsp3) is 0. The van der Waals surface area contributed by atoms with E-state index in [0.717, 1.165) is 43.2 Å². The SMILES string of the molecule is O=Cc1cc(/C=C/c2ccccc2)sc1-c1sc(/C=C/c2ccccc2)cc1C=O. The van der Waals surface area contributed by atoms with Crippen molar-refractivity contribution in [3.8, 4) is 9.75 Å². The first-order chi connectivity index (χ1) is 14.8. The Labute approximate surface area is 183 Å². The van der Waals surface area contributed by atoms with E-state index < -0.39 is 0 Å². The zero-order valence-electron chi connectivity index (χ0n) is 16.0. The first kappa shape index (κ1) is 20.0. The highest BCUT2D eigenvalue weighted by Gasteiger charge is 2.16. The summed E-state index contributed by atoms with van der Waals surface area (Å²) in [5.74, 6) is 0. The Morgan fingerprint density at radius 1 is 0.533 bits per heavy atom. The molecule has 2 aromatic carbocycles. The third-order valence-corrected chi connectivity index (χ3v) is 6.90. The summed E-state index contributed by atoms with van der Waals surface area (Å²) in [5, 5.41) is 0. The highest BCUT2D eigenvalue weighted by Crippen LogP contribution is 2.40. The van der Waals surface area contributed by atoms with Crippen molar-refractivity contribution in [1.82, 2.24) is 0 Å². The van der Waals surface area contributed by atoms with Gasteiger partial charge in [0.1, 0.15) is 0 Å². The minimum Gasteiger partial charge on any atom is -0.298 e. The van der Waals surface area contributed by atoms with E-state index >= 15 is 0 Å². The van der Waals surface area contributed by atoms with Gasteiger partial charge in [-0.05, 0) is 35.4 Å². The molecule has 146 valence electrons. The zero-order chi connectivity index (χ0) is 20.8. The summed E-state index contributed by atoms with van der Waals surface area (Å²) >= 11 is 3.05. The number of carbonyl (C=O) groups excluding carboxylic acids is 2. The molecule has 0 saturated heterocycles. The van der Waals surface area contributed by atoms with E-state index in [1.165, 1.54) is 22.7 Å². The molecular formula is C26H18O2S2. The van der Waals surface area contributed by atoms with Crippen LogP contribution in [0.15, 0.2) is 72.8 Å². The minimum absolute atomic E-state index is 0.608. The van der Waals surface area contributed by atoms with E-state index in [1.807, 2.05) is 97.1 Å². The van der Waals surface area contributed by atoms with Gasteiger partial charge in [-0.2, -0.15) is 0 Å². The van der Waals surface area contributed by atoms with Crippen molar-refractivity contribution in [3.63, 3.8) is 0 Å². The number of hydrogen-bond acceptors (Lipinski definition) is 4. The first-order valence-corrected chi connectivity index (χ1v) is 11.0. The normalized spacial score (nSPS) is 11.3. The molecule has 0 bridgehead atoms. The van der Waals surface area contributed by atoms with Gasteiger partial charge in [-0.25, -0.2) is 0 Å². The number of benzene rings is 2. The van der Waals surface area contributed by atoms with E-state index in [2.05, 4.69) is 0 Å². The maximum Gasteiger partial charge on any atom is 0.151 e. The van der Waals surface area contributed by atoms with Crippen LogP contribution in [-0.4, -0.2) is 12.6 Å². The van der Waals surface area contributed by atoms with Crippen molar-refractivity contribution in [3.05, 3.63) is 105 Å². The topological polar surface area (TPSA) is 34.1 Å². The Morgan fingerprint density at radius 2 is 0.933 bits per heavy atom. The number of hydrogen-bond donors (Lipinski definition) is 0. The van der Waals surface area contributed by atoms with Crippen molar-refractivity contribution in [1.29, 1.82) is 0 Å². The van der Waals surface area contributed by atoms with Crippen LogP contribution in [0.25, 0.3) is 34.1 Å². The van der Waals surface area contributed by atoms with Crippen molar-refractivity contribution in [2.45, 2.75) is 0 Å². The van der Waals surface area contributed by atoms with Crippen LogP contribution < -0.4 is 0 Å². The maximum absolute atomic E-state index is 11.7. The molecule has 4 aromatic rings. The minimum atomic E-state index is 0.608. The zero-order valence-corrected chi connectivity index (χ0v) is 17.7. The van der Waals surface area contributed by atoms with Crippen LogP contribution in [0.2, 0.25) is 0 Å². The second-order valence-electron chi connectivity index (χ2n) is 6.59. The summed E-state index contributed by atoms with van der Waals surface area (Å²) in [6, 6.07) is 23.8. The lowest BCUT2D eigenvalue weighted by Crippen LogP contribution is -1.81. The van der Waals surface area contributed by atoms with Crippen LogP contribution in [-0.2, 0) is 0 Å². The molecule has 0 aliphatic heterocycles. The molecule has 2 aromatic heterocycles. The van der Waals surface area contributed by atoms with Crippen molar-refractivity contribution >= 4 is 59.5 Å². The fourth-order valence-corrected chi connectivity index (χ4v) is 5.27. The summed E-state index contributed by atoms with van der Waals surface area (Å²) in [6.07, 6.45) is 9.77. The Kier molecular flexibility index (Phi) is 6.28. The molecule has 0 N–H and O–H groups in total. The van der Waals surface area contributed by atoms with Gasteiger partial charge in [0.2, 0.25) is 0 Å². The molecule has 0 radical (unpaired) electrons. The number of rotatable bonds is 7. The van der Waals surface area contributed by atoms with Gasteiger partial charge < -0.3 is 0 Å². The number of carbonyl (C=O) groups is 2. The van der Waals surface area contributed by atoms with E-state index in [9.17, 15) is 9.59 Å². The summed E-state index contributed by atoms with van der Waals surface area (Å²) in [6.45, 7) is 0. The molecule has 0 aliphatic carbocycles. The van der Waals surface area contributed by atoms with Crippen LogP contribution in [0.1, 0.15) is 41.6 Å². The lowest BCUT2D eigenvalue weighted by Gasteiger charge is -1.95. The molecule has 0 saturated carbocycles. The molecule has 2 heterocycles. The van der Waals surface area contributed by atoms with Crippen LogP contribution >= 0.6 is 22.7 Å². The average Bonchev–Trinajstić information content (AvgIpc) is 3.41. The van der Waals surface area contributed by atoms with E-state index in [0.29, 0.717) is 11.1 Å². The van der Waals surface area contributed by atoms with E-state index in [4.69, 9.17) is 0 Å². The highest BCUT2D eigenvalue weighted by atomic mass is 32.1. The van der Waals surface area contributed by atoms with Crippen molar-refractivity contribution in [2.24, 2.45) is 0 Å². The van der Waals surface area contributed by atoms with E-state index in [1.54, 1.807) is 0 Å². The average molecular weight is 427 g/mol. The van der Waals surface area contributed by atoms with Gasteiger partial charge in [-0.1, -0.05) is 72.8 Å². The Morgan fingerprint density at radius 3 is 1.30 bits per heavy atom. The Hall–Kier alpha value is -3.34. The monoisotopic (exact) mass is 426 g/mol. The quantitative estimate of drug-likeness (QED) is 0.288. The summed E-state index contributed by atoms with van der Waals surface area (Å²) in [7, 11) is 0. The largest absolute Gasteiger partial charge is 0.298 e.